The van der Waals surface area contributed by atoms with Gasteiger partial charge in [0.2, 0.25) is 6.43 Å². The molecule has 2 atom stereocenters. The van der Waals surface area contributed by atoms with Gasteiger partial charge in [-0.2, -0.15) is 5.10 Å². The Bertz CT molecular complexity index is 1200. The van der Waals surface area contributed by atoms with Gasteiger partial charge in [-0.3, -0.25) is 10.1 Å². The zero-order valence-electron chi connectivity index (χ0n) is 21.6. The van der Waals surface area contributed by atoms with Gasteiger partial charge in [0.25, 0.3) is 0 Å². The number of fused-ring (bicyclic) bond motifs is 1. The number of hydrogen-bond acceptors (Lipinski definition) is 5. The second-order valence-electron chi connectivity index (χ2n) is 10.5. The Labute approximate surface area is 217 Å². The Morgan fingerprint density at radius 1 is 1.32 bits per heavy atom. The number of halogens is 2. The highest BCUT2D eigenvalue weighted by atomic mass is 19.3. The summed E-state index contributed by atoms with van der Waals surface area (Å²) in [6.07, 6.45) is 3.49. The van der Waals surface area contributed by atoms with E-state index in [-0.39, 0.29) is 18.4 Å². The first-order chi connectivity index (χ1) is 17.8. The predicted octanol–water partition coefficient (Wildman–Crippen LogP) is 4.57. The first-order valence-corrected chi connectivity index (χ1v) is 13.0. The van der Waals surface area contributed by atoms with Crippen LogP contribution in [0.1, 0.15) is 31.7 Å². The molecule has 1 saturated heterocycles. The molecule has 7 nitrogen and oxygen atoms in total. The first kappa shape index (κ1) is 25.4. The molecule has 5 rings (SSSR count). The molecule has 198 valence electrons. The minimum absolute atomic E-state index is 0.179. The quantitative estimate of drug-likeness (QED) is 0.422. The Kier molecular flexibility index (Phi) is 7.33. The van der Waals surface area contributed by atoms with Crippen LogP contribution in [-0.2, 0) is 18.2 Å². The molecule has 1 aromatic heterocycles. The van der Waals surface area contributed by atoms with Gasteiger partial charge >= 0.3 is 0 Å². The first-order valence-electron chi connectivity index (χ1n) is 13.0. The third-order valence-corrected chi connectivity index (χ3v) is 7.62. The van der Waals surface area contributed by atoms with Gasteiger partial charge in [0.1, 0.15) is 5.84 Å². The Balaban J connectivity index is 1.51. The van der Waals surface area contributed by atoms with E-state index in [1.165, 1.54) is 0 Å². The van der Waals surface area contributed by atoms with Crippen molar-refractivity contribution in [2.75, 3.05) is 37.7 Å². The third kappa shape index (κ3) is 5.56. The number of amidine groups is 1. The number of hydrogen-bond donors (Lipinski definition) is 2. The highest BCUT2D eigenvalue weighted by Crippen LogP contribution is 2.37. The van der Waals surface area contributed by atoms with E-state index in [0.29, 0.717) is 32.0 Å². The highest BCUT2D eigenvalue weighted by Gasteiger charge is 2.33. The topological polar surface area (TPSA) is 69.4 Å². The molecule has 0 spiro atoms. The van der Waals surface area contributed by atoms with Crippen LogP contribution in [0.4, 0.5) is 14.5 Å². The summed E-state index contributed by atoms with van der Waals surface area (Å²) >= 11 is 0. The van der Waals surface area contributed by atoms with Gasteiger partial charge in [0.15, 0.2) is 0 Å². The lowest BCUT2D eigenvalue weighted by atomic mass is 9.87. The number of benzene rings is 1. The predicted molar refractivity (Wildman–Crippen MR) is 142 cm³/mol. The van der Waals surface area contributed by atoms with Gasteiger partial charge in [0, 0.05) is 80.5 Å². The minimum atomic E-state index is -2.38. The van der Waals surface area contributed by atoms with E-state index in [2.05, 4.69) is 28.0 Å². The van der Waals surface area contributed by atoms with Gasteiger partial charge in [-0.15, -0.1) is 0 Å². The summed E-state index contributed by atoms with van der Waals surface area (Å²) in [4.78, 5) is 4.14. The Morgan fingerprint density at radius 3 is 2.84 bits per heavy atom. The molecule has 9 heteroatoms. The second kappa shape index (κ2) is 10.7. The molecule has 2 unspecified atom stereocenters. The summed E-state index contributed by atoms with van der Waals surface area (Å²) in [6.45, 7) is 9.32. The van der Waals surface area contributed by atoms with Crippen LogP contribution in [-0.4, -0.2) is 65.8 Å². The smallest absolute Gasteiger partial charge is 0.239 e. The molecule has 2 aromatic rings. The van der Waals surface area contributed by atoms with E-state index in [9.17, 15) is 14.2 Å². The Hall–Kier alpha value is -3.20. The number of nitrogens with one attached hydrogen (secondary N) is 2. The molecule has 1 aromatic carbocycles. The number of allylic oxidation sites excluding steroid dienone is 1. The molecular formula is C28H36F2N6O. The van der Waals surface area contributed by atoms with E-state index in [1.807, 2.05) is 43.4 Å². The van der Waals surface area contributed by atoms with Crippen molar-refractivity contribution in [2.45, 2.75) is 45.1 Å². The van der Waals surface area contributed by atoms with Crippen molar-refractivity contribution in [3.63, 3.8) is 0 Å². The molecule has 1 fully saturated rings. The normalized spacial score (nSPS) is 22.0. The van der Waals surface area contributed by atoms with Crippen molar-refractivity contribution in [2.24, 2.45) is 13.0 Å². The molecular weight excluding hydrogens is 474 g/mol. The van der Waals surface area contributed by atoms with E-state index < -0.39 is 6.43 Å². The Morgan fingerprint density at radius 2 is 2.16 bits per heavy atom. The maximum absolute atomic E-state index is 13.5. The number of ether oxygens (including phenoxy) is 1. The van der Waals surface area contributed by atoms with Crippen LogP contribution < -0.4 is 10.2 Å². The lowest BCUT2D eigenvalue weighted by Crippen LogP contribution is -2.46. The molecule has 0 saturated carbocycles. The van der Waals surface area contributed by atoms with Crippen molar-refractivity contribution < 1.29 is 13.5 Å². The lowest BCUT2D eigenvalue weighted by molar-refractivity contribution is 0.115. The van der Waals surface area contributed by atoms with Crippen LogP contribution in [0, 0.1) is 11.3 Å². The van der Waals surface area contributed by atoms with Crippen molar-refractivity contribution in [1.29, 1.82) is 5.41 Å². The average Bonchev–Trinajstić information content (AvgIpc) is 3.54. The number of alkyl halides is 2. The zero-order chi connectivity index (χ0) is 26.1. The van der Waals surface area contributed by atoms with E-state index >= 15 is 0 Å². The molecule has 37 heavy (non-hydrogen) atoms. The zero-order valence-corrected chi connectivity index (χ0v) is 21.6. The summed E-state index contributed by atoms with van der Waals surface area (Å²) in [6, 6.07) is 6.38. The van der Waals surface area contributed by atoms with Crippen LogP contribution in [0.5, 0.6) is 0 Å². The number of aryl methyl sites for hydroxylation is 1. The SMILES string of the molecule is C=C(C)N1CCC(NC2CCOC2)=C(C(=N)N2CC(CC(F)F)Cc3cc(-c4cnn(C)c4)ccc32)C1. The molecule has 0 bridgehead atoms. The molecule has 3 aliphatic heterocycles. The summed E-state index contributed by atoms with van der Waals surface area (Å²) in [5.74, 6) is 0.139. The fourth-order valence-corrected chi connectivity index (χ4v) is 5.64. The van der Waals surface area contributed by atoms with Crippen molar-refractivity contribution in [3.8, 4) is 11.1 Å². The summed E-state index contributed by atoms with van der Waals surface area (Å²) in [7, 11) is 1.87. The number of rotatable bonds is 7. The molecule has 3 aliphatic rings. The van der Waals surface area contributed by atoms with Gasteiger partial charge in [-0.25, -0.2) is 8.78 Å². The van der Waals surface area contributed by atoms with E-state index in [0.717, 1.165) is 65.3 Å². The standard InChI is InChI=1S/C28H36F2N6O/c1-18(2)35-8-6-25(33-23-7-9-37-17-23)24(16-35)28(31)36-14-19(11-27(29)30)10-21-12-20(4-5-26(21)36)22-13-32-34(3)15-22/h4-5,12-13,15,19,23,27,31,33H,1,6-11,14,16-17H2,2-3H3. The lowest BCUT2D eigenvalue weighted by Gasteiger charge is -2.40. The third-order valence-electron chi connectivity index (χ3n) is 7.62. The maximum atomic E-state index is 13.5. The van der Waals surface area contributed by atoms with Crippen LogP contribution in [0.3, 0.4) is 0 Å². The largest absolute Gasteiger partial charge is 0.383 e. The van der Waals surface area contributed by atoms with E-state index in [1.54, 1.807) is 4.68 Å². The van der Waals surface area contributed by atoms with Crippen LogP contribution in [0.2, 0.25) is 0 Å². The minimum Gasteiger partial charge on any atom is -0.383 e. The highest BCUT2D eigenvalue weighted by molar-refractivity contribution is 6.09. The molecule has 4 heterocycles. The van der Waals surface area contributed by atoms with Crippen molar-refractivity contribution in [1.82, 2.24) is 20.0 Å². The fraction of sp³-hybridized carbons (Fsp3) is 0.500. The van der Waals surface area contributed by atoms with E-state index in [4.69, 9.17) is 4.74 Å². The maximum Gasteiger partial charge on any atom is 0.239 e. The van der Waals surface area contributed by atoms with Gasteiger partial charge in [-0.1, -0.05) is 12.6 Å². The number of anilines is 1. The molecule has 2 N–H and O–H groups in total. The molecule has 0 aliphatic carbocycles. The molecule has 0 radical (unpaired) electrons. The van der Waals surface area contributed by atoms with Crippen LogP contribution in [0.25, 0.3) is 11.1 Å². The van der Waals surface area contributed by atoms with Gasteiger partial charge < -0.3 is 19.9 Å². The number of nitrogens with zero attached hydrogens (tertiary/aromatic N) is 4. The number of aromatic nitrogens is 2. The second-order valence-corrected chi connectivity index (χ2v) is 10.5. The monoisotopic (exact) mass is 510 g/mol. The summed E-state index contributed by atoms with van der Waals surface area (Å²) in [5, 5.41) is 17.3. The van der Waals surface area contributed by atoms with Crippen molar-refractivity contribution >= 4 is 11.5 Å². The fourth-order valence-electron chi connectivity index (χ4n) is 5.64. The van der Waals surface area contributed by atoms with Gasteiger partial charge in [0.05, 0.1) is 18.8 Å². The van der Waals surface area contributed by atoms with Crippen molar-refractivity contribution in [3.05, 3.63) is 59.7 Å². The van der Waals surface area contributed by atoms with Gasteiger partial charge in [-0.05, 0) is 48.9 Å². The molecule has 0 amide bonds. The van der Waals surface area contributed by atoms with Crippen LogP contribution in [0.15, 0.2) is 54.1 Å². The average molecular weight is 511 g/mol. The summed E-state index contributed by atoms with van der Waals surface area (Å²) in [5.41, 5.74) is 6.83. The summed E-state index contributed by atoms with van der Waals surface area (Å²) < 4.78 is 34.4. The van der Waals surface area contributed by atoms with Crippen LogP contribution >= 0.6 is 0 Å².